The van der Waals surface area contributed by atoms with Gasteiger partial charge in [-0.15, -0.1) is 0 Å². The van der Waals surface area contributed by atoms with Crippen LogP contribution in [-0.4, -0.2) is 32.4 Å². The van der Waals surface area contributed by atoms with Crippen LogP contribution in [0.4, 0.5) is 10.5 Å². The maximum atomic E-state index is 12.0. The highest BCUT2D eigenvalue weighted by atomic mass is 35.5. The van der Waals surface area contributed by atoms with E-state index in [1.807, 2.05) is 6.92 Å². The van der Waals surface area contributed by atoms with Crippen LogP contribution >= 0.6 is 11.6 Å². The van der Waals surface area contributed by atoms with Crippen LogP contribution in [0.2, 0.25) is 5.02 Å². The first-order valence-corrected chi connectivity index (χ1v) is 7.46. The summed E-state index contributed by atoms with van der Waals surface area (Å²) in [7, 11) is 1.54. The van der Waals surface area contributed by atoms with Gasteiger partial charge < -0.3 is 20.1 Å². The summed E-state index contributed by atoms with van der Waals surface area (Å²) in [6, 6.07) is 5.02. The van der Waals surface area contributed by atoms with Crippen molar-refractivity contribution in [2.24, 2.45) is 5.92 Å². The molecule has 0 aromatic heterocycles. The van der Waals surface area contributed by atoms with Gasteiger partial charge in [0.05, 0.1) is 12.1 Å². The molecule has 1 atom stereocenters. The molecule has 0 bridgehead atoms. The molecule has 1 saturated heterocycles. The highest BCUT2D eigenvalue weighted by molar-refractivity contribution is 6.32. The van der Waals surface area contributed by atoms with Gasteiger partial charge in [0.25, 0.3) is 0 Å². The second kappa shape index (κ2) is 7.52. The number of anilines is 1. The number of amides is 2. The van der Waals surface area contributed by atoms with Gasteiger partial charge in [-0.1, -0.05) is 11.6 Å². The zero-order chi connectivity index (χ0) is 15.2. The van der Waals surface area contributed by atoms with Gasteiger partial charge in [0.15, 0.2) is 0 Å². The highest BCUT2D eigenvalue weighted by Gasteiger charge is 2.21. The van der Waals surface area contributed by atoms with Crippen molar-refractivity contribution in [3.63, 3.8) is 0 Å². The minimum Gasteiger partial charge on any atom is -0.495 e. The standard InChI is InChI=1S/C15H21ClN2O3/c1-10(11-5-7-21-8-6-11)17-15(19)18-12-3-4-13(16)14(9-12)20-2/h3-4,9-11H,5-8H2,1-2H3,(H2,17,18,19)/t10-/m1/s1. The fraction of sp³-hybridized carbons (Fsp3) is 0.533. The predicted molar refractivity (Wildman–Crippen MR) is 83.2 cm³/mol. The zero-order valence-electron chi connectivity index (χ0n) is 12.3. The average molecular weight is 313 g/mol. The van der Waals surface area contributed by atoms with Crippen molar-refractivity contribution in [3.05, 3.63) is 23.2 Å². The van der Waals surface area contributed by atoms with Crippen LogP contribution in [-0.2, 0) is 4.74 Å². The molecule has 1 fully saturated rings. The topological polar surface area (TPSA) is 59.6 Å². The van der Waals surface area contributed by atoms with Crippen LogP contribution in [0.5, 0.6) is 5.75 Å². The molecular weight excluding hydrogens is 292 g/mol. The molecule has 5 nitrogen and oxygen atoms in total. The molecule has 2 N–H and O–H groups in total. The number of benzene rings is 1. The summed E-state index contributed by atoms with van der Waals surface area (Å²) in [6.07, 6.45) is 1.96. The molecule has 0 spiro atoms. The van der Waals surface area contributed by atoms with Crippen LogP contribution in [0, 0.1) is 5.92 Å². The lowest BCUT2D eigenvalue weighted by Crippen LogP contribution is -2.42. The SMILES string of the molecule is COc1cc(NC(=O)N[C@H](C)C2CCOCC2)ccc1Cl. The third-order valence-corrected chi connectivity index (χ3v) is 4.05. The van der Waals surface area contributed by atoms with Gasteiger partial charge >= 0.3 is 6.03 Å². The summed E-state index contributed by atoms with van der Waals surface area (Å²) in [4.78, 5) is 12.0. The van der Waals surface area contributed by atoms with E-state index in [2.05, 4.69) is 10.6 Å². The van der Waals surface area contributed by atoms with Gasteiger partial charge in [-0.3, -0.25) is 0 Å². The van der Waals surface area contributed by atoms with Crippen LogP contribution in [0.3, 0.4) is 0 Å². The molecule has 0 aliphatic carbocycles. The third-order valence-electron chi connectivity index (χ3n) is 3.74. The number of rotatable bonds is 4. The summed E-state index contributed by atoms with van der Waals surface area (Å²) >= 11 is 5.95. The van der Waals surface area contributed by atoms with Crippen LogP contribution in [0.25, 0.3) is 0 Å². The second-order valence-electron chi connectivity index (χ2n) is 5.19. The Morgan fingerprint density at radius 2 is 2.14 bits per heavy atom. The molecule has 0 radical (unpaired) electrons. The van der Waals surface area contributed by atoms with Crippen molar-refractivity contribution >= 4 is 23.3 Å². The van der Waals surface area contributed by atoms with E-state index in [0.29, 0.717) is 22.4 Å². The summed E-state index contributed by atoms with van der Waals surface area (Å²) in [5.41, 5.74) is 0.646. The minimum atomic E-state index is -0.224. The molecule has 6 heteroatoms. The number of carbonyl (C=O) groups excluding carboxylic acids is 1. The molecule has 1 aromatic carbocycles. The Hall–Kier alpha value is -1.46. The van der Waals surface area contributed by atoms with Crippen molar-refractivity contribution in [2.45, 2.75) is 25.8 Å². The van der Waals surface area contributed by atoms with Gasteiger partial charge in [0.1, 0.15) is 5.75 Å². The normalized spacial score (nSPS) is 17.1. The van der Waals surface area contributed by atoms with Crippen LogP contribution in [0.15, 0.2) is 18.2 Å². The van der Waals surface area contributed by atoms with E-state index >= 15 is 0 Å². The largest absolute Gasteiger partial charge is 0.495 e. The number of nitrogens with one attached hydrogen (secondary N) is 2. The van der Waals surface area contributed by atoms with Crippen molar-refractivity contribution in [1.82, 2.24) is 5.32 Å². The molecule has 21 heavy (non-hydrogen) atoms. The fourth-order valence-corrected chi connectivity index (χ4v) is 2.64. The Morgan fingerprint density at radius 3 is 2.81 bits per heavy atom. The number of carbonyl (C=O) groups is 1. The van der Waals surface area contributed by atoms with E-state index in [1.54, 1.807) is 18.2 Å². The summed E-state index contributed by atoms with van der Waals surface area (Å²) in [5.74, 6) is 0.996. The third kappa shape index (κ3) is 4.51. The Balaban J connectivity index is 1.89. The maximum Gasteiger partial charge on any atom is 0.319 e. The number of urea groups is 1. The second-order valence-corrected chi connectivity index (χ2v) is 5.59. The van der Waals surface area contributed by atoms with Crippen molar-refractivity contribution < 1.29 is 14.3 Å². The number of hydrogen-bond acceptors (Lipinski definition) is 3. The number of hydrogen-bond donors (Lipinski definition) is 2. The van der Waals surface area contributed by atoms with E-state index in [-0.39, 0.29) is 12.1 Å². The van der Waals surface area contributed by atoms with E-state index in [1.165, 1.54) is 7.11 Å². The van der Waals surface area contributed by atoms with Gasteiger partial charge in [0, 0.05) is 31.0 Å². The lowest BCUT2D eigenvalue weighted by atomic mass is 9.93. The Labute approximate surface area is 130 Å². The molecule has 2 rings (SSSR count). The summed E-state index contributed by atoms with van der Waals surface area (Å²) in [6.45, 7) is 3.57. The van der Waals surface area contributed by atoms with Gasteiger partial charge in [-0.2, -0.15) is 0 Å². The molecule has 0 unspecified atom stereocenters. The van der Waals surface area contributed by atoms with E-state index in [9.17, 15) is 4.79 Å². The lowest BCUT2D eigenvalue weighted by Gasteiger charge is -2.28. The van der Waals surface area contributed by atoms with Crippen LogP contribution < -0.4 is 15.4 Å². The Bertz CT molecular complexity index is 490. The van der Waals surface area contributed by atoms with Crippen molar-refractivity contribution in [3.8, 4) is 5.75 Å². The van der Waals surface area contributed by atoms with Gasteiger partial charge in [0.2, 0.25) is 0 Å². The van der Waals surface area contributed by atoms with Gasteiger partial charge in [-0.25, -0.2) is 4.79 Å². The first-order chi connectivity index (χ1) is 10.1. The molecule has 0 saturated carbocycles. The smallest absolute Gasteiger partial charge is 0.319 e. The van der Waals surface area contributed by atoms with E-state index in [4.69, 9.17) is 21.1 Å². The molecule has 1 heterocycles. The van der Waals surface area contributed by atoms with Gasteiger partial charge in [-0.05, 0) is 37.8 Å². The average Bonchev–Trinajstić information content (AvgIpc) is 2.50. The van der Waals surface area contributed by atoms with Crippen molar-refractivity contribution in [2.75, 3.05) is 25.6 Å². The summed E-state index contributed by atoms with van der Waals surface area (Å²) in [5, 5.41) is 6.28. The number of ether oxygens (including phenoxy) is 2. The maximum absolute atomic E-state index is 12.0. The Kier molecular flexibility index (Phi) is 5.70. The minimum absolute atomic E-state index is 0.114. The number of halogens is 1. The first-order valence-electron chi connectivity index (χ1n) is 7.09. The molecule has 1 aromatic rings. The highest BCUT2D eigenvalue weighted by Crippen LogP contribution is 2.27. The molecular formula is C15H21ClN2O3. The molecule has 2 amide bonds. The van der Waals surface area contributed by atoms with E-state index < -0.39 is 0 Å². The number of methoxy groups -OCH3 is 1. The summed E-state index contributed by atoms with van der Waals surface area (Å²) < 4.78 is 10.5. The monoisotopic (exact) mass is 312 g/mol. The predicted octanol–water partition coefficient (Wildman–Crippen LogP) is 3.29. The first kappa shape index (κ1) is 15.9. The zero-order valence-corrected chi connectivity index (χ0v) is 13.1. The van der Waals surface area contributed by atoms with E-state index in [0.717, 1.165) is 26.1 Å². The lowest BCUT2D eigenvalue weighted by molar-refractivity contribution is 0.0573. The fourth-order valence-electron chi connectivity index (χ4n) is 2.45. The molecule has 1 aliphatic rings. The molecule has 1 aliphatic heterocycles. The van der Waals surface area contributed by atoms with Crippen LogP contribution in [0.1, 0.15) is 19.8 Å². The molecule has 116 valence electrons. The quantitative estimate of drug-likeness (QED) is 0.897. The van der Waals surface area contributed by atoms with Crippen molar-refractivity contribution in [1.29, 1.82) is 0 Å². The Morgan fingerprint density at radius 1 is 1.43 bits per heavy atom.